The molecule has 5 aromatic rings. The van der Waals surface area contributed by atoms with E-state index in [4.69, 9.17) is 4.98 Å². The molecule has 0 aliphatic heterocycles. The van der Waals surface area contributed by atoms with Gasteiger partial charge in [0.25, 0.3) is 5.91 Å². The Morgan fingerprint density at radius 3 is 2.72 bits per heavy atom. The first-order chi connectivity index (χ1) is 14.2. The van der Waals surface area contributed by atoms with Crippen molar-refractivity contribution < 1.29 is 4.79 Å². The highest BCUT2D eigenvalue weighted by molar-refractivity contribution is 6.13. The Kier molecular flexibility index (Phi) is 4.02. The third-order valence-electron chi connectivity index (χ3n) is 4.92. The first kappa shape index (κ1) is 17.1. The van der Waals surface area contributed by atoms with E-state index in [1.807, 2.05) is 67.6 Å². The molecule has 1 amide bonds. The second-order valence-electron chi connectivity index (χ2n) is 6.85. The van der Waals surface area contributed by atoms with Crippen LogP contribution in [0.5, 0.6) is 0 Å². The molecule has 0 saturated carbocycles. The van der Waals surface area contributed by atoms with Crippen LogP contribution in [0.25, 0.3) is 33.1 Å². The van der Waals surface area contributed by atoms with Crippen molar-refractivity contribution in [3.8, 4) is 11.3 Å². The highest BCUT2D eigenvalue weighted by Gasteiger charge is 2.15. The number of carbonyl (C=O) groups is 1. The lowest BCUT2D eigenvalue weighted by atomic mass is 10.0. The van der Waals surface area contributed by atoms with Gasteiger partial charge in [0.1, 0.15) is 0 Å². The number of benzene rings is 2. The lowest BCUT2D eigenvalue weighted by Crippen LogP contribution is -2.13. The minimum absolute atomic E-state index is 0.194. The van der Waals surface area contributed by atoms with Crippen LogP contribution in [0, 0.1) is 6.92 Å². The number of anilines is 1. The molecule has 0 unspecified atom stereocenters. The predicted molar refractivity (Wildman–Crippen MR) is 114 cm³/mol. The first-order valence-corrected chi connectivity index (χ1v) is 9.25. The van der Waals surface area contributed by atoms with E-state index >= 15 is 0 Å². The van der Waals surface area contributed by atoms with Gasteiger partial charge in [-0.1, -0.05) is 18.2 Å². The van der Waals surface area contributed by atoms with Crippen LogP contribution in [0.2, 0.25) is 0 Å². The molecule has 5 rings (SSSR count). The van der Waals surface area contributed by atoms with Crippen molar-refractivity contribution in [2.45, 2.75) is 6.92 Å². The van der Waals surface area contributed by atoms with Gasteiger partial charge < -0.3 is 5.32 Å². The zero-order valence-corrected chi connectivity index (χ0v) is 15.7. The van der Waals surface area contributed by atoms with Gasteiger partial charge in [0, 0.05) is 40.1 Å². The van der Waals surface area contributed by atoms with E-state index in [-0.39, 0.29) is 5.91 Å². The molecule has 3 heterocycles. The molecule has 3 aromatic heterocycles. The van der Waals surface area contributed by atoms with E-state index in [0.29, 0.717) is 16.9 Å². The molecule has 0 aliphatic carbocycles. The van der Waals surface area contributed by atoms with Gasteiger partial charge in [0.2, 0.25) is 0 Å². The summed E-state index contributed by atoms with van der Waals surface area (Å²) in [5, 5.41) is 12.1. The van der Waals surface area contributed by atoms with E-state index in [1.165, 1.54) is 0 Å². The number of para-hydroxylation sites is 1. The second-order valence-corrected chi connectivity index (χ2v) is 6.85. The van der Waals surface area contributed by atoms with Crippen LogP contribution in [0.15, 0.2) is 73.1 Å². The summed E-state index contributed by atoms with van der Waals surface area (Å²) in [6.45, 7) is 1.97. The number of nitrogens with zero attached hydrogens (tertiary/aromatic N) is 3. The number of aromatic amines is 1. The summed E-state index contributed by atoms with van der Waals surface area (Å²) >= 11 is 0. The number of carbonyl (C=O) groups excluding carboxylic acids is 1. The number of hydrogen-bond donors (Lipinski definition) is 2. The largest absolute Gasteiger partial charge is 0.322 e. The highest BCUT2D eigenvalue weighted by atomic mass is 16.1. The maximum atomic E-state index is 13.2. The van der Waals surface area contributed by atoms with Crippen molar-refractivity contribution in [1.29, 1.82) is 0 Å². The van der Waals surface area contributed by atoms with Crippen LogP contribution >= 0.6 is 0 Å². The van der Waals surface area contributed by atoms with Crippen LogP contribution in [0.1, 0.15) is 16.1 Å². The topological polar surface area (TPSA) is 83.6 Å². The number of fused-ring (bicyclic) bond motifs is 2. The standard InChI is InChI=1S/C23H17N5O/c1-14-17-9-8-16(11-22(17)28-27-14)25-23(29)19-12-21(15-5-4-10-24-13-15)26-20-7-3-2-6-18(19)20/h2-13H,1H3,(H,25,29)(H,27,28). The van der Waals surface area contributed by atoms with E-state index in [1.54, 1.807) is 12.4 Å². The van der Waals surface area contributed by atoms with Crippen LogP contribution in [-0.4, -0.2) is 26.1 Å². The Balaban J connectivity index is 1.58. The summed E-state index contributed by atoms with van der Waals surface area (Å²) in [7, 11) is 0. The molecule has 2 aromatic carbocycles. The third kappa shape index (κ3) is 3.10. The van der Waals surface area contributed by atoms with Gasteiger partial charge in [-0.15, -0.1) is 0 Å². The summed E-state index contributed by atoms with van der Waals surface area (Å²) in [5.74, 6) is -0.194. The number of amides is 1. The van der Waals surface area contributed by atoms with E-state index in [2.05, 4.69) is 20.5 Å². The normalized spacial score (nSPS) is 11.1. The Bertz CT molecular complexity index is 1360. The van der Waals surface area contributed by atoms with Crippen LogP contribution in [-0.2, 0) is 0 Å². The molecule has 0 saturated heterocycles. The number of aryl methyl sites for hydroxylation is 1. The van der Waals surface area contributed by atoms with E-state index < -0.39 is 0 Å². The van der Waals surface area contributed by atoms with Crippen molar-refractivity contribution in [2.24, 2.45) is 0 Å². The molecule has 2 N–H and O–H groups in total. The highest BCUT2D eigenvalue weighted by Crippen LogP contribution is 2.26. The first-order valence-electron chi connectivity index (χ1n) is 9.25. The van der Waals surface area contributed by atoms with Crippen molar-refractivity contribution in [2.75, 3.05) is 5.32 Å². The van der Waals surface area contributed by atoms with Gasteiger partial charge >= 0.3 is 0 Å². The van der Waals surface area contributed by atoms with Crippen molar-refractivity contribution >= 4 is 33.4 Å². The lowest BCUT2D eigenvalue weighted by Gasteiger charge is -2.11. The van der Waals surface area contributed by atoms with Crippen molar-refractivity contribution in [3.05, 3.63) is 84.3 Å². The average molecular weight is 379 g/mol. The zero-order chi connectivity index (χ0) is 19.8. The molecule has 6 heteroatoms. The van der Waals surface area contributed by atoms with Gasteiger partial charge in [-0.25, -0.2) is 4.98 Å². The third-order valence-corrected chi connectivity index (χ3v) is 4.92. The molecule has 0 aliphatic rings. The SMILES string of the molecule is Cc1[nH]nc2cc(NC(=O)c3cc(-c4cccnc4)nc4ccccc34)ccc12. The van der Waals surface area contributed by atoms with Crippen LogP contribution in [0.4, 0.5) is 5.69 Å². The van der Waals surface area contributed by atoms with Gasteiger partial charge in [-0.2, -0.15) is 5.10 Å². The van der Waals surface area contributed by atoms with Gasteiger partial charge in [0.05, 0.1) is 22.3 Å². The Morgan fingerprint density at radius 1 is 0.966 bits per heavy atom. The molecular weight excluding hydrogens is 362 g/mol. The Labute approximate surface area is 166 Å². The number of rotatable bonds is 3. The minimum Gasteiger partial charge on any atom is -0.322 e. The van der Waals surface area contributed by atoms with Gasteiger partial charge in [-0.3, -0.25) is 14.9 Å². The number of hydrogen-bond acceptors (Lipinski definition) is 4. The smallest absolute Gasteiger partial charge is 0.256 e. The average Bonchev–Trinajstić information content (AvgIpc) is 3.13. The Morgan fingerprint density at radius 2 is 1.86 bits per heavy atom. The lowest BCUT2D eigenvalue weighted by molar-refractivity contribution is 0.102. The van der Waals surface area contributed by atoms with Crippen LogP contribution in [0.3, 0.4) is 0 Å². The van der Waals surface area contributed by atoms with Gasteiger partial charge in [0.15, 0.2) is 0 Å². The van der Waals surface area contributed by atoms with Crippen molar-refractivity contribution in [1.82, 2.24) is 20.2 Å². The molecule has 140 valence electrons. The van der Waals surface area contributed by atoms with Crippen molar-refractivity contribution in [3.63, 3.8) is 0 Å². The van der Waals surface area contributed by atoms with Crippen LogP contribution < -0.4 is 5.32 Å². The number of H-pyrrole nitrogens is 1. The molecule has 6 nitrogen and oxygen atoms in total. The second kappa shape index (κ2) is 6.83. The minimum atomic E-state index is -0.194. The fourth-order valence-corrected chi connectivity index (χ4v) is 3.45. The summed E-state index contributed by atoms with van der Waals surface area (Å²) in [4.78, 5) is 22.0. The summed E-state index contributed by atoms with van der Waals surface area (Å²) in [6, 6.07) is 18.9. The predicted octanol–water partition coefficient (Wildman–Crippen LogP) is 4.73. The molecule has 0 radical (unpaired) electrons. The maximum absolute atomic E-state index is 13.2. The number of aromatic nitrogens is 4. The molecule has 0 bridgehead atoms. The summed E-state index contributed by atoms with van der Waals surface area (Å²) < 4.78 is 0. The fourth-order valence-electron chi connectivity index (χ4n) is 3.45. The van der Waals surface area contributed by atoms with Gasteiger partial charge in [-0.05, 0) is 49.4 Å². The number of nitrogens with one attached hydrogen (secondary N) is 2. The van der Waals surface area contributed by atoms with E-state index in [9.17, 15) is 4.79 Å². The molecule has 29 heavy (non-hydrogen) atoms. The fraction of sp³-hybridized carbons (Fsp3) is 0.0435. The summed E-state index contributed by atoms with van der Waals surface area (Å²) in [6.07, 6.45) is 3.46. The monoisotopic (exact) mass is 379 g/mol. The number of pyridine rings is 2. The quantitative estimate of drug-likeness (QED) is 0.474. The molecule has 0 atom stereocenters. The summed E-state index contributed by atoms with van der Waals surface area (Å²) in [5.41, 5.74) is 5.40. The maximum Gasteiger partial charge on any atom is 0.256 e. The molecular formula is C23H17N5O. The van der Waals surface area contributed by atoms with E-state index in [0.717, 1.165) is 33.1 Å². The molecule has 0 fully saturated rings. The zero-order valence-electron chi connectivity index (χ0n) is 15.7. The Hall–Kier alpha value is -4.06. The molecule has 0 spiro atoms.